The Morgan fingerprint density at radius 3 is 2.95 bits per heavy atom. The molecule has 0 radical (unpaired) electrons. The molecule has 0 aromatic carbocycles. The van der Waals surface area contributed by atoms with Crippen molar-refractivity contribution >= 4 is 5.91 Å². The summed E-state index contributed by atoms with van der Waals surface area (Å²) < 4.78 is 1.96. The Labute approximate surface area is 114 Å². The zero-order valence-electron chi connectivity index (χ0n) is 12.1. The van der Waals surface area contributed by atoms with E-state index in [1.807, 2.05) is 17.1 Å². The number of amides is 1. The van der Waals surface area contributed by atoms with Gasteiger partial charge in [-0.15, -0.1) is 0 Å². The second kappa shape index (κ2) is 5.74. The zero-order valence-corrected chi connectivity index (χ0v) is 12.1. The summed E-state index contributed by atoms with van der Waals surface area (Å²) in [5.41, 5.74) is 1.12. The molecule has 1 fully saturated rings. The number of nitrogens with zero attached hydrogens (tertiary/aromatic N) is 2. The van der Waals surface area contributed by atoms with E-state index in [4.69, 9.17) is 0 Å². The number of carbonyl (C=O) groups is 1. The quantitative estimate of drug-likeness (QED) is 0.867. The van der Waals surface area contributed by atoms with E-state index in [-0.39, 0.29) is 17.5 Å². The van der Waals surface area contributed by atoms with Crippen molar-refractivity contribution in [1.29, 1.82) is 0 Å². The number of nitrogens with one attached hydrogen (secondary N) is 2. The van der Waals surface area contributed by atoms with Crippen LogP contribution in [-0.2, 0) is 16.9 Å². The number of hydrogen-bond donors (Lipinski definition) is 2. The second-order valence-electron chi connectivity index (χ2n) is 6.18. The lowest BCUT2D eigenvalue weighted by atomic mass is 10.1. The molecule has 2 N–H and O–H groups in total. The molecule has 2 rings (SSSR count). The highest BCUT2D eigenvalue weighted by molar-refractivity contribution is 5.81. The minimum atomic E-state index is -0.0690. The molecule has 1 aromatic heterocycles. The Morgan fingerprint density at radius 2 is 2.26 bits per heavy atom. The van der Waals surface area contributed by atoms with Crippen molar-refractivity contribution < 1.29 is 4.79 Å². The van der Waals surface area contributed by atoms with Crippen LogP contribution in [0.1, 0.15) is 45.6 Å². The van der Waals surface area contributed by atoms with E-state index in [9.17, 15) is 4.79 Å². The summed E-state index contributed by atoms with van der Waals surface area (Å²) >= 11 is 0. The van der Waals surface area contributed by atoms with Gasteiger partial charge in [-0.3, -0.25) is 9.48 Å². The fourth-order valence-electron chi connectivity index (χ4n) is 2.19. The van der Waals surface area contributed by atoms with Crippen LogP contribution in [0.3, 0.4) is 0 Å². The van der Waals surface area contributed by atoms with Crippen molar-refractivity contribution in [3.8, 4) is 0 Å². The molecule has 1 unspecified atom stereocenters. The van der Waals surface area contributed by atoms with Crippen LogP contribution in [-0.4, -0.2) is 28.3 Å². The molecule has 1 aromatic rings. The van der Waals surface area contributed by atoms with Crippen molar-refractivity contribution in [3.63, 3.8) is 0 Å². The summed E-state index contributed by atoms with van der Waals surface area (Å²) in [5, 5.41) is 10.6. The average Bonchev–Trinajstić information content (AvgIpc) is 2.72. The Hall–Kier alpha value is -1.36. The monoisotopic (exact) mass is 264 g/mol. The summed E-state index contributed by atoms with van der Waals surface area (Å²) in [6.07, 6.45) is 7.00. The maximum Gasteiger partial charge on any atom is 0.237 e. The molecule has 5 heteroatoms. The minimum absolute atomic E-state index is 0.00204. The van der Waals surface area contributed by atoms with E-state index in [0.717, 1.165) is 31.4 Å². The van der Waals surface area contributed by atoms with Crippen LogP contribution < -0.4 is 10.6 Å². The zero-order chi connectivity index (χ0) is 13.9. The first-order chi connectivity index (χ1) is 8.97. The minimum Gasteiger partial charge on any atom is -0.355 e. The molecule has 0 saturated carbocycles. The lowest BCUT2D eigenvalue weighted by Crippen LogP contribution is -2.42. The Balaban J connectivity index is 1.91. The Morgan fingerprint density at radius 1 is 1.47 bits per heavy atom. The highest BCUT2D eigenvalue weighted by Gasteiger charge is 2.20. The third kappa shape index (κ3) is 3.80. The van der Waals surface area contributed by atoms with Crippen molar-refractivity contribution in [1.82, 2.24) is 20.4 Å². The summed E-state index contributed by atoms with van der Waals surface area (Å²) in [7, 11) is 0. The highest BCUT2D eigenvalue weighted by atomic mass is 16.2. The summed E-state index contributed by atoms with van der Waals surface area (Å²) in [6.45, 7) is 7.86. The van der Waals surface area contributed by atoms with Crippen molar-refractivity contribution in [3.05, 3.63) is 18.0 Å². The molecule has 5 nitrogen and oxygen atoms in total. The molecule has 1 aliphatic heterocycles. The fourth-order valence-corrected chi connectivity index (χ4v) is 2.19. The fraction of sp³-hybridized carbons (Fsp3) is 0.714. The number of carbonyl (C=O) groups excluding carboxylic acids is 1. The van der Waals surface area contributed by atoms with Gasteiger partial charge >= 0.3 is 0 Å². The van der Waals surface area contributed by atoms with Crippen LogP contribution in [0.5, 0.6) is 0 Å². The topological polar surface area (TPSA) is 59.0 Å². The second-order valence-corrected chi connectivity index (χ2v) is 6.18. The summed E-state index contributed by atoms with van der Waals surface area (Å²) in [5.74, 6) is 0.126. The molecule has 0 bridgehead atoms. The molecule has 1 atom stereocenters. The third-order valence-electron chi connectivity index (χ3n) is 3.41. The van der Waals surface area contributed by atoms with Gasteiger partial charge in [0.25, 0.3) is 0 Å². The first-order valence-electron chi connectivity index (χ1n) is 7.02. The van der Waals surface area contributed by atoms with Gasteiger partial charge < -0.3 is 10.6 Å². The standard InChI is InChI=1S/C14H24N4O/c1-14(2,3)18-10-11(9-17-18)8-16-12-6-4-5-7-15-13(12)19/h9-10,12,16H,4-8H2,1-3H3,(H,15,19). The van der Waals surface area contributed by atoms with Crippen LogP contribution in [0.4, 0.5) is 0 Å². The molecule has 1 saturated heterocycles. The molecule has 2 heterocycles. The van der Waals surface area contributed by atoms with Crippen LogP contribution >= 0.6 is 0 Å². The van der Waals surface area contributed by atoms with E-state index in [1.54, 1.807) is 0 Å². The lowest BCUT2D eigenvalue weighted by Gasteiger charge is -2.19. The number of aromatic nitrogens is 2. The van der Waals surface area contributed by atoms with Gasteiger partial charge in [0.05, 0.1) is 17.8 Å². The van der Waals surface area contributed by atoms with Gasteiger partial charge in [0.2, 0.25) is 5.91 Å². The Bertz CT molecular complexity index is 433. The molecule has 1 amide bonds. The van der Waals surface area contributed by atoms with Crippen molar-refractivity contribution in [2.75, 3.05) is 6.54 Å². The normalized spacial score (nSPS) is 21.0. The Kier molecular flexibility index (Phi) is 4.24. The first kappa shape index (κ1) is 14.1. The number of hydrogen-bond acceptors (Lipinski definition) is 3. The third-order valence-corrected chi connectivity index (χ3v) is 3.41. The molecule has 0 spiro atoms. The lowest BCUT2D eigenvalue weighted by molar-refractivity contribution is -0.122. The van der Waals surface area contributed by atoms with E-state index in [0.29, 0.717) is 6.54 Å². The van der Waals surface area contributed by atoms with Gasteiger partial charge in [0.15, 0.2) is 0 Å². The predicted molar refractivity (Wildman–Crippen MR) is 74.7 cm³/mol. The molecule has 0 aliphatic carbocycles. The van der Waals surface area contributed by atoms with Gasteiger partial charge in [-0.1, -0.05) is 0 Å². The highest BCUT2D eigenvalue weighted by Crippen LogP contribution is 2.13. The molecule has 1 aliphatic rings. The van der Waals surface area contributed by atoms with Crippen LogP contribution in [0.15, 0.2) is 12.4 Å². The van der Waals surface area contributed by atoms with Gasteiger partial charge in [0.1, 0.15) is 0 Å². The van der Waals surface area contributed by atoms with E-state index in [1.165, 1.54) is 0 Å². The molecule has 106 valence electrons. The molecular weight excluding hydrogens is 240 g/mol. The predicted octanol–water partition coefficient (Wildman–Crippen LogP) is 1.40. The largest absolute Gasteiger partial charge is 0.355 e. The van der Waals surface area contributed by atoms with E-state index >= 15 is 0 Å². The van der Waals surface area contributed by atoms with Crippen LogP contribution in [0, 0.1) is 0 Å². The molecular formula is C14H24N4O. The van der Waals surface area contributed by atoms with Crippen LogP contribution in [0.25, 0.3) is 0 Å². The van der Waals surface area contributed by atoms with Gasteiger partial charge in [-0.05, 0) is 40.0 Å². The molecule has 19 heavy (non-hydrogen) atoms. The van der Waals surface area contributed by atoms with Gasteiger partial charge in [0, 0.05) is 24.8 Å². The summed E-state index contributed by atoms with van der Waals surface area (Å²) in [4.78, 5) is 11.8. The average molecular weight is 264 g/mol. The van der Waals surface area contributed by atoms with Crippen LogP contribution in [0.2, 0.25) is 0 Å². The van der Waals surface area contributed by atoms with Crippen molar-refractivity contribution in [2.24, 2.45) is 0 Å². The van der Waals surface area contributed by atoms with Crippen molar-refractivity contribution in [2.45, 2.75) is 58.2 Å². The van der Waals surface area contributed by atoms with E-state index in [2.05, 4.69) is 36.5 Å². The van der Waals surface area contributed by atoms with E-state index < -0.39 is 0 Å². The smallest absolute Gasteiger partial charge is 0.237 e. The SMILES string of the molecule is CC(C)(C)n1cc(CNC2CCCCNC2=O)cn1. The first-order valence-corrected chi connectivity index (χ1v) is 7.02. The maximum absolute atomic E-state index is 11.8. The van der Waals surface area contributed by atoms with Gasteiger partial charge in [-0.25, -0.2) is 0 Å². The van der Waals surface area contributed by atoms with Gasteiger partial charge in [-0.2, -0.15) is 5.10 Å². The summed E-state index contributed by atoms with van der Waals surface area (Å²) in [6, 6.07) is -0.0690. The maximum atomic E-state index is 11.8. The number of rotatable bonds is 3.